The Kier molecular flexibility index (Phi) is 10.7. The number of carbonyl (C=O) groups excluding carboxylic acids is 2. The molecule has 11 heteroatoms. The number of nitrogens with one attached hydrogen (secondary N) is 2. The van der Waals surface area contributed by atoms with Crippen LogP contribution in [0.5, 0.6) is 11.5 Å². The number of morpholine rings is 1. The number of nitrogens with zero attached hydrogens (tertiary/aromatic N) is 2. The van der Waals surface area contributed by atoms with E-state index in [0.717, 1.165) is 25.1 Å². The first-order chi connectivity index (χ1) is 21.8. The maximum absolute atomic E-state index is 14.9. The van der Waals surface area contributed by atoms with Crippen molar-refractivity contribution in [2.45, 2.75) is 32.3 Å². The minimum Gasteiger partial charge on any atom is -0.457 e. The van der Waals surface area contributed by atoms with E-state index in [1.54, 1.807) is 48.8 Å². The molecule has 2 aromatic carbocycles. The van der Waals surface area contributed by atoms with Gasteiger partial charge in [-0.1, -0.05) is 23.8 Å². The van der Waals surface area contributed by atoms with Gasteiger partial charge in [-0.3, -0.25) is 19.5 Å². The minimum absolute atomic E-state index is 0.00231. The van der Waals surface area contributed by atoms with Crippen LogP contribution in [0.15, 0.2) is 67.0 Å². The van der Waals surface area contributed by atoms with Crippen LogP contribution >= 0.6 is 0 Å². The SMILES string of the molecule is Cc1ccc(F)c(CC(=O)Cc2ccc(Oc3ccnc(-c4cc(C(=O)NCCCN5CCOC(CO)C5)c[nH]4)c3)cc2F)c1. The molecule has 1 aliphatic rings. The molecule has 5 rings (SSSR count). The number of benzene rings is 2. The summed E-state index contributed by atoms with van der Waals surface area (Å²) in [4.78, 5) is 34.8. The van der Waals surface area contributed by atoms with Crippen LogP contribution in [0.3, 0.4) is 0 Å². The van der Waals surface area contributed by atoms with Gasteiger partial charge in [0.05, 0.1) is 36.3 Å². The molecule has 1 saturated heterocycles. The van der Waals surface area contributed by atoms with E-state index in [-0.39, 0.29) is 48.6 Å². The molecule has 1 amide bonds. The number of aliphatic hydroxyl groups excluding tert-OH is 1. The Bertz CT molecular complexity index is 1640. The smallest absolute Gasteiger partial charge is 0.252 e. The Morgan fingerprint density at radius 1 is 1.07 bits per heavy atom. The van der Waals surface area contributed by atoms with Gasteiger partial charge in [-0.25, -0.2) is 8.78 Å². The summed E-state index contributed by atoms with van der Waals surface area (Å²) in [5, 5.41) is 12.2. The van der Waals surface area contributed by atoms with Crippen LogP contribution in [0.2, 0.25) is 0 Å². The molecular formula is C34H36F2N4O5. The highest BCUT2D eigenvalue weighted by Gasteiger charge is 2.19. The van der Waals surface area contributed by atoms with Gasteiger partial charge in [0.15, 0.2) is 0 Å². The van der Waals surface area contributed by atoms with Gasteiger partial charge >= 0.3 is 0 Å². The van der Waals surface area contributed by atoms with E-state index in [1.165, 1.54) is 18.2 Å². The third-order valence-electron chi connectivity index (χ3n) is 7.55. The second-order valence-corrected chi connectivity index (χ2v) is 11.1. The van der Waals surface area contributed by atoms with Crippen LogP contribution in [-0.4, -0.2) is 77.2 Å². The molecule has 0 saturated carbocycles. The van der Waals surface area contributed by atoms with Crippen LogP contribution in [0, 0.1) is 18.6 Å². The van der Waals surface area contributed by atoms with Crippen molar-refractivity contribution >= 4 is 11.7 Å². The Labute approximate surface area is 260 Å². The van der Waals surface area contributed by atoms with Crippen molar-refractivity contribution in [3.05, 3.63) is 101 Å². The van der Waals surface area contributed by atoms with Gasteiger partial charge in [0.25, 0.3) is 5.91 Å². The monoisotopic (exact) mass is 618 g/mol. The second-order valence-electron chi connectivity index (χ2n) is 11.1. The van der Waals surface area contributed by atoms with Gasteiger partial charge < -0.3 is 24.9 Å². The van der Waals surface area contributed by atoms with Crippen LogP contribution in [0.4, 0.5) is 8.78 Å². The molecular weight excluding hydrogens is 582 g/mol. The molecule has 3 heterocycles. The van der Waals surface area contributed by atoms with E-state index in [2.05, 4.69) is 20.2 Å². The Balaban J connectivity index is 1.13. The quantitative estimate of drug-likeness (QED) is 0.187. The molecule has 4 aromatic rings. The van der Waals surface area contributed by atoms with E-state index in [1.807, 2.05) is 6.92 Å². The lowest BCUT2D eigenvalue weighted by atomic mass is 10.0. The summed E-state index contributed by atoms with van der Waals surface area (Å²) >= 11 is 0. The zero-order valence-corrected chi connectivity index (χ0v) is 25.0. The number of H-pyrrole nitrogens is 1. The number of aliphatic hydroxyl groups is 1. The Morgan fingerprint density at radius 3 is 2.71 bits per heavy atom. The number of Topliss-reactive ketones (excluding diaryl/α,β-unsaturated/α-hetero) is 1. The molecule has 3 N–H and O–H groups in total. The topological polar surface area (TPSA) is 117 Å². The zero-order chi connectivity index (χ0) is 31.8. The number of ether oxygens (including phenoxy) is 2. The number of hydrogen-bond acceptors (Lipinski definition) is 7. The molecule has 2 aromatic heterocycles. The largest absolute Gasteiger partial charge is 0.457 e. The molecule has 0 bridgehead atoms. The Hall–Kier alpha value is -4.45. The number of ketones is 1. The predicted octanol–water partition coefficient (Wildman–Crippen LogP) is 4.62. The van der Waals surface area contributed by atoms with Gasteiger partial charge in [0, 0.05) is 63.5 Å². The fraction of sp³-hybridized carbons (Fsp3) is 0.324. The summed E-state index contributed by atoms with van der Waals surface area (Å²) in [5.41, 5.74) is 2.94. The van der Waals surface area contributed by atoms with E-state index >= 15 is 0 Å². The zero-order valence-electron chi connectivity index (χ0n) is 25.0. The van der Waals surface area contributed by atoms with Crippen molar-refractivity contribution in [3.8, 4) is 22.9 Å². The third kappa shape index (κ3) is 8.81. The van der Waals surface area contributed by atoms with Crippen molar-refractivity contribution in [1.82, 2.24) is 20.2 Å². The van der Waals surface area contributed by atoms with Crippen molar-refractivity contribution in [2.75, 3.05) is 39.4 Å². The highest BCUT2D eigenvalue weighted by atomic mass is 19.1. The number of pyridine rings is 1. The molecule has 0 spiro atoms. The molecule has 1 fully saturated rings. The molecule has 1 atom stereocenters. The van der Waals surface area contributed by atoms with E-state index in [4.69, 9.17) is 9.47 Å². The first-order valence-electron chi connectivity index (χ1n) is 14.9. The van der Waals surface area contributed by atoms with Gasteiger partial charge in [-0.2, -0.15) is 0 Å². The summed E-state index contributed by atoms with van der Waals surface area (Å²) < 4.78 is 40.2. The number of amides is 1. The standard InChI is InChI=1S/C34H36F2N4O5/c1-22-3-6-30(35)24(13-22)15-26(42)14-23-4-5-27(17-31(23)36)45-28-7-9-37-33(18-28)32-16-25(19-39-32)34(43)38-8-2-10-40-11-12-44-29(20-40)21-41/h3-7,9,13,16-19,29,39,41H,2,8,10-12,14-15,20-21H2,1H3,(H,38,43). The van der Waals surface area contributed by atoms with E-state index in [9.17, 15) is 23.5 Å². The molecule has 9 nitrogen and oxygen atoms in total. The number of carbonyl (C=O) groups is 2. The highest BCUT2D eigenvalue weighted by molar-refractivity contribution is 5.95. The summed E-state index contributed by atoms with van der Waals surface area (Å²) in [6.45, 7) is 5.21. The highest BCUT2D eigenvalue weighted by Crippen LogP contribution is 2.27. The maximum atomic E-state index is 14.9. The molecule has 0 aliphatic carbocycles. The Morgan fingerprint density at radius 2 is 1.89 bits per heavy atom. The van der Waals surface area contributed by atoms with E-state index < -0.39 is 11.6 Å². The lowest BCUT2D eigenvalue weighted by molar-refractivity contribution is -0.117. The summed E-state index contributed by atoms with van der Waals surface area (Å²) in [7, 11) is 0. The van der Waals surface area contributed by atoms with Gasteiger partial charge in [-0.05, 0) is 48.7 Å². The predicted molar refractivity (Wildman–Crippen MR) is 164 cm³/mol. The van der Waals surface area contributed by atoms with Gasteiger partial charge in [0.1, 0.15) is 28.9 Å². The number of halogens is 2. The number of aromatic amines is 1. The number of aryl methyl sites for hydroxylation is 1. The third-order valence-corrected chi connectivity index (χ3v) is 7.55. The molecule has 1 unspecified atom stereocenters. The molecule has 0 radical (unpaired) electrons. The molecule has 1 aliphatic heterocycles. The summed E-state index contributed by atoms with van der Waals surface area (Å²) in [5.74, 6) is -0.916. The van der Waals surface area contributed by atoms with E-state index in [0.29, 0.717) is 48.0 Å². The normalized spacial score (nSPS) is 15.2. The number of hydrogen-bond donors (Lipinski definition) is 3. The van der Waals surface area contributed by atoms with Crippen LogP contribution < -0.4 is 10.1 Å². The number of rotatable bonds is 13. The maximum Gasteiger partial charge on any atom is 0.252 e. The summed E-state index contributed by atoms with van der Waals surface area (Å²) in [6, 6.07) is 13.8. The van der Waals surface area contributed by atoms with Crippen molar-refractivity contribution in [3.63, 3.8) is 0 Å². The molecule has 236 valence electrons. The van der Waals surface area contributed by atoms with Gasteiger partial charge in [0.2, 0.25) is 0 Å². The van der Waals surface area contributed by atoms with Crippen molar-refractivity contribution in [1.29, 1.82) is 0 Å². The lowest BCUT2D eigenvalue weighted by Crippen LogP contribution is -2.44. The van der Waals surface area contributed by atoms with Crippen molar-refractivity contribution < 1.29 is 33.0 Å². The summed E-state index contributed by atoms with van der Waals surface area (Å²) in [6.07, 6.45) is 3.49. The number of aromatic nitrogens is 2. The minimum atomic E-state index is -0.598. The van der Waals surface area contributed by atoms with Gasteiger partial charge in [-0.15, -0.1) is 0 Å². The first-order valence-corrected chi connectivity index (χ1v) is 14.9. The molecule has 45 heavy (non-hydrogen) atoms. The van der Waals surface area contributed by atoms with Crippen LogP contribution in [0.25, 0.3) is 11.4 Å². The lowest BCUT2D eigenvalue weighted by Gasteiger charge is -2.31. The van der Waals surface area contributed by atoms with Crippen LogP contribution in [-0.2, 0) is 22.4 Å². The average Bonchev–Trinajstić information content (AvgIpc) is 3.53. The second kappa shape index (κ2) is 15.0. The fourth-order valence-corrected chi connectivity index (χ4v) is 5.19. The first kappa shape index (κ1) is 32.0. The average molecular weight is 619 g/mol. The van der Waals surface area contributed by atoms with Crippen LogP contribution in [0.1, 0.15) is 33.5 Å². The fourth-order valence-electron chi connectivity index (χ4n) is 5.19. The van der Waals surface area contributed by atoms with Crippen molar-refractivity contribution in [2.24, 2.45) is 0 Å².